The Morgan fingerprint density at radius 1 is 1.15 bits per heavy atom. The maximum Gasteiger partial charge on any atom is 0.249 e. The molecule has 2 aromatic carbocycles. The largest absolute Gasteiger partial charge is 0.490 e. The monoisotopic (exact) mass is 499 g/mol. The van der Waals surface area contributed by atoms with E-state index in [2.05, 4.69) is 23.5 Å². The highest BCUT2D eigenvalue weighted by atomic mass is 35.5. The molecule has 2 N–H and O–H groups in total. The highest BCUT2D eigenvalue weighted by Crippen LogP contribution is 2.34. The molecule has 2 aromatic heterocycles. The second-order valence-corrected chi connectivity index (χ2v) is 8.87. The van der Waals surface area contributed by atoms with Crippen molar-refractivity contribution in [3.63, 3.8) is 0 Å². The standard InChI is InChI=1S/C25H23ClFN3O3S/c1-3-32-25-22(27)23(16-4-6-17(7-5-16)24(28)31)29-30(25)10-11-33-20-9-8-18(13-19(20)26)21-12-15(2)14-34-21/h4-9,12-14H,3,10-11H2,1-2H3,(H2,28,31). The second kappa shape index (κ2) is 10.3. The lowest BCUT2D eigenvalue weighted by Gasteiger charge is -2.11. The molecule has 34 heavy (non-hydrogen) atoms. The molecule has 0 saturated carbocycles. The number of hydrogen-bond donors (Lipinski definition) is 1. The molecule has 0 unspecified atom stereocenters. The third-order valence-electron chi connectivity index (χ3n) is 5.08. The number of aromatic nitrogens is 2. The van der Waals surface area contributed by atoms with Crippen LogP contribution in [0, 0.1) is 12.7 Å². The molecule has 4 aromatic rings. The zero-order chi connectivity index (χ0) is 24.2. The fourth-order valence-electron chi connectivity index (χ4n) is 3.42. The zero-order valence-electron chi connectivity index (χ0n) is 18.7. The van der Waals surface area contributed by atoms with Gasteiger partial charge in [0.15, 0.2) is 0 Å². The first-order valence-electron chi connectivity index (χ1n) is 10.6. The Balaban J connectivity index is 1.49. The summed E-state index contributed by atoms with van der Waals surface area (Å²) < 4.78 is 27.9. The number of rotatable bonds is 9. The molecule has 0 aliphatic carbocycles. The van der Waals surface area contributed by atoms with Gasteiger partial charge in [0.2, 0.25) is 17.6 Å². The minimum atomic E-state index is -0.581. The third-order valence-corrected chi connectivity index (χ3v) is 6.47. The van der Waals surface area contributed by atoms with Gasteiger partial charge in [-0.05, 0) is 66.8 Å². The van der Waals surface area contributed by atoms with Gasteiger partial charge in [-0.15, -0.1) is 11.3 Å². The molecule has 0 fully saturated rings. The first kappa shape index (κ1) is 23.8. The number of thiophene rings is 1. The summed E-state index contributed by atoms with van der Waals surface area (Å²) in [5.41, 5.74) is 8.46. The van der Waals surface area contributed by atoms with Gasteiger partial charge in [-0.1, -0.05) is 23.7 Å². The van der Waals surface area contributed by atoms with Crippen LogP contribution in [0.25, 0.3) is 21.7 Å². The average Bonchev–Trinajstić information content (AvgIpc) is 3.39. The van der Waals surface area contributed by atoms with Crippen LogP contribution in [0.1, 0.15) is 22.8 Å². The molecule has 6 nitrogen and oxygen atoms in total. The molecular weight excluding hydrogens is 477 g/mol. The summed E-state index contributed by atoms with van der Waals surface area (Å²) in [5, 5.41) is 6.96. The lowest BCUT2D eigenvalue weighted by atomic mass is 10.1. The van der Waals surface area contributed by atoms with E-state index in [9.17, 15) is 4.79 Å². The molecule has 0 aliphatic heterocycles. The predicted octanol–water partition coefficient (Wildman–Crippen LogP) is 5.96. The van der Waals surface area contributed by atoms with E-state index in [1.807, 2.05) is 18.2 Å². The van der Waals surface area contributed by atoms with Gasteiger partial charge in [0, 0.05) is 16.0 Å². The van der Waals surface area contributed by atoms with Crippen molar-refractivity contribution in [1.29, 1.82) is 0 Å². The van der Waals surface area contributed by atoms with Gasteiger partial charge in [0.1, 0.15) is 18.1 Å². The Labute approximate surface area is 205 Å². The number of nitrogens with zero attached hydrogens (tertiary/aromatic N) is 2. The van der Waals surface area contributed by atoms with Gasteiger partial charge in [-0.25, -0.2) is 4.68 Å². The predicted molar refractivity (Wildman–Crippen MR) is 132 cm³/mol. The maximum atomic E-state index is 15.1. The van der Waals surface area contributed by atoms with Gasteiger partial charge in [0.25, 0.3) is 0 Å². The summed E-state index contributed by atoms with van der Waals surface area (Å²) in [7, 11) is 0. The number of hydrogen-bond acceptors (Lipinski definition) is 5. The average molecular weight is 500 g/mol. The van der Waals surface area contributed by atoms with Crippen LogP contribution in [0.4, 0.5) is 4.39 Å². The quantitative estimate of drug-likeness (QED) is 0.308. The summed E-state index contributed by atoms with van der Waals surface area (Å²) in [5.74, 6) is -0.578. The number of carbonyl (C=O) groups is 1. The van der Waals surface area contributed by atoms with Gasteiger partial charge in [-0.3, -0.25) is 4.79 Å². The van der Waals surface area contributed by atoms with Gasteiger partial charge < -0.3 is 15.2 Å². The molecule has 0 radical (unpaired) electrons. The Bertz CT molecular complexity index is 1320. The molecule has 1 amide bonds. The Hall–Kier alpha value is -3.36. The number of halogens is 2. The lowest BCUT2D eigenvalue weighted by Crippen LogP contribution is -2.12. The van der Waals surface area contributed by atoms with E-state index in [0.29, 0.717) is 21.9 Å². The molecule has 2 heterocycles. The summed E-state index contributed by atoms with van der Waals surface area (Å²) in [4.78, 5) is 12.4. The van der Waals surface area contributed by atoms with Crippen molar-refractivity contribution in [2.24, 2.45) is 5.73 Å². The highest BCUT2D eigenvalue weighted by molar-refractivity contribution is 7.13. The van der Waals surface area contributed by atoms with Gasteiger partial charge in [0.05, 0.1) is 18.2 Å². The molecule has 0 atom stereocenters. The summed E-state index contributed by atoms with van der Waals surface area (Å²) in [6, 6.07) is 14.0. The van der Waals surface area contributed by atoms with E-state index in [4.69, 9.17) is 26.8 Å². The minimum Gasteiger partial charge on any atom is -0.490 e. The van der Waals surface area contributed by atoms with Crippen LogP contribution in [-0.2, 0) is 6.54 Å². The summed E-state index contributed by atoms with van der Waals surface area (Å²) in [6.45, 7) is 4.55. The number of aryl methyl sites for hydroxylation is 1. The molecule has 0 aliphatic rings. The van der Waals surface area contributed by atoms with Crippen molar-refractivity contribution in [2.45, 2.75) is 20.4 Å². The Kier molecular flexibility index (Phi) is 7.19. The fourth-order valence-corrected chi connectivity index (χ4v) is 4.56. The smallest absolute Gasteiger partial charge is 0.249 e. The van der Waals surface area contributed by atoms with Crippen molar-refractivity contribution < 1.29 is 18.7 Å². The van der Waals surface area contributed by atoms with E-state index >= 15 is 4.39 Å². The van der Waals surface area contributed by atoms with Crippen molar-refractivity contribution in [1.82, 2.24) is 9.78 Å². The molecule has 0 bridgehead atoms. The van der Waals surface area contributed by atoms with E-state index in [0.717, 1.165) is 10.4 Å². The molecule has 9 heteroatoms. The van der Waals surface area contributed by atoms with E-state index in [1.165, 1.54) is 22.4 Å². The zero-order valence-corrected chi connectivity index (χ0v) is 20.3. The van der Waals surface area contributed by atoms with E-state index < -0.39 is 11.7 Å². The number of ether oxygens (including phenoxy) is 2. The van der Waals surface area contributed by atoms with Crippen LogP contribution in [0.15, 0.2) is 53.9 Å². The highest BCUT2D eigenvalue weighted by Gasteiger charge is 2.21. The minimum absolute atomic E-state index is 0.0228. The van der Waals surface area contributed by atoms with Crippen LogP contribution in [-0.4, -0.2) is 28.9 Å². The van der Waals surface area contributed by atoms with Crippen LogP contribution >= 0.6 is 22.9 Å². The first-order valence-corrected chi connectivity index (χ1v) is 11.9. The molecule has 0 spiro atoms. The lowest BCUT2D eigenvalue weighted by molar-refractivity contribution is 0.100. The summed E-state index contributed by atoms with van der Waals surface area (Å²) >= 11 is 8.09. The normalized spacial score (nSPS) is 10.9. The fraction of sp³-hybridized carbons (Fsp3) is 0.200. The number of carbonyl (C=O) groups excluding carboxylic acids is 1. The van der Waals surface area contributed by atoms with Crippen LogP contribution in [0.3, 0.4) is 0 Å². The Morgan fingerprint density at radius 2 is 1.88 bits per heavy atom. The Morgan fingerprint density at radius 3 is 2.50 bits per heavy atom. The first-order chi connectivity index (χ1) is 16.4. The van der Waals surface area contributed by atoms with Crippen molar-refractivity contribution >= 4 is 28.8 Å². The van der Waals surface area contributed by atoms with E-state index in [1.54, 1.807) is 30.4 Å². The SMILES string of the molecule is CCOc1c(F)c(-c2ccc(C(N)=O)cc2)nn1CCOc1ccc(-c2cc(C)cs2)cc1Cl. The molecule has 176 valence electrons. The molecule has 0 saturated heterocycles. The van der Waals surface area contributed by atoms with Crippen molar-refractivity contribution in [3.8, 4) is 33.3 Å². The summed E-state index contributed by atoms with van der Waals surface area (Å²) in [6.07, 6.45) is 0. The second-order valence-electron chi connectivity index (χ2n) is 7.55. The maximum absolute atomic E-state index is 15.1. The topological polar surface area (TPSA) is 79.4 Å². The van der Waals surface area contributed by atoms with Crippen LogP contribution in [0.2, 0.25) is 5.02 Å². The molecular formula is C25H23ClFN3O3S. The number of amides is 1. The van der Waals surface area contributed by atoms with Crippen LogP contribution < -0.4 is 15.2 Å². The van der Waals surface area contributed by atoms with Crippen molar-refractivity contribution in [3.05, 3.63) is 75.9 Å². The number of benzene rings is 2. The van der Waals surface area contributed by atoms with Crippen molar-refractivity contribution in [2.75, 3.05) is 13.2 Å². The van der Waals surface area contributed by atoms with Gasteiger partial charge in [-0.2, -0.15) is 9.49 Å². The van der Waals surface area contributed by atoms with Gasteiger partial charge >= 0.3 is 0 Å². The number of nitrogens with two attached hydrogens (primary N) is 1. The van der Waals surface area contributed by atoms with E-state index in [-0.39, 0.29) is 31.3 Å². The number of primary amides is 1. The third kappa shape index (κ3) is 5.08. The van der Waals surface area contributed by atoms with Crippen LogP contribution in [0.5, 0.6) is 11.6 Å². The molecule has 4 rings (SSSR count).